The lowest BCUT2D eigenvalue weighted by atomic mass is 10.1. The van der Waals surface area contributed by atoms with Crippen LogP contribution in [0, 0.1) is 19.7 Å². The Morgan fingerprint density at radius 1 is 1.04 bits per heavy atom. The quantitative estimate of drug-likeness (QED) is 0.606. The first-order chi connectivity index (χ1) is 11.0. The summed E-state index contributed by atoms with van der Waals surface area (Å²) in [4.78, 5) is 23.4. The van der Waals surface area contributed by atoms with Gasteiger partial charge in [-0.2, -0.15) is 0 Å². The minimum atomic E-state index is -0.685. The number of halogens is 1. The molecule has 2 aromatic carbocycles. The van der Waals surface area contributed by atoms with Crippen molar-refractivity contribution < 1.29 is 23.5 Å². The van der Waals surface area contributed by atoms with Gasteiger partial charge in [-0.3, -0.25) is 4.79 Å². The van der Waals surface area contributed by atoms with Crippen LogP contribution in [0.5, 0.6) is 5.75 Å². The lowest BCUT2D eigenvalue weighted by Crippen LogP contribution is -2.20. The fourth-order valence-corrected chi connectivity index (χ4v) is 1.95. The molecule has 0 saturated heterocycles. The minimum Gasteiger partial charge on any atom is -0.482 e. The molecule has 0 atom stereocenters. The molecule has 0 aliphatic heterocycles. The van der Waals surface area contributed by atoms with Crippen LogP contribution in [0.2, 0.25) is 0 Å². The van der Waals surface area contributed by atoms with Gasteiger partial charge in [0.1, 0.15) is 11.6 Å². The van der Waals surface area contributed by atoms with Gasteiger partial charge in [0.15, 0.2) is 13.2 Å². The Bertz CT molecular complexity index is 725. The Labute approximate surface area is 133 Å². The monoisotopic (exact) mass is 316 g/mol. The first kappa shape index (κ1) is 16.7. The Hall–Kier alpha value is -2.69. The van der Waals surface area contributed by atoms with Gasteiger partial charge in [0.05, 0.1) is 5.56 Å². The number of carbonyl (C=O) groups is 2. The summed E-state index contributed by atoms with van der Waals surface area (Å²) in [7, 11) is 0. The number of Topliss-reactive ketones (excluding diaryl/α,β-unsaturated/α-hetero) is 1. The third-order valence-electron chi connectivity index (χ3n) is 3.23. The number of carbonyl (C=O) groups excluding carboxylic acids is 2. The lowest BCUT2D eigenvalue weighted by molar-refractivity contribution is -0.144. The van der Waals surface area contributed by atoms with E-state index in [0.717, 1.165) is 11.1 Å². The molecular weight excluding hydrogens is 299 g/mol. The summed E-state index contributed by atoms with van der Waals surface area (Å²) >= 11 is 0. The van der Waals surface area contributed by atoms with E-state index in [-0.39, 0.29) is 12.2 Å². The number of aryl methyl sites for hydroxylation is 2. The second kappa shape index (κ2) is 7.54. The number of hydrogen-bond donors (Lipinski definition) is 0. The predicted octanol–water partition coefficient (Wildman–Crippen LogP) is 3.25. The summed E-state index contributed by atoms with van der Waals surface area (Å²) in [6, 6.07) is 11.2. The standard InChI is InChI=1S/C18H17FO4/c1-12-7-8-13(2)17(9-12)22-11-18(21)23-10-16(20)14-5-3-4-6-15(14)19/h3-9H,10-11H2,1-2H3. The molecule has 0 aliphatic rings. The fourth-order valence-electron chi connectivity index (χ4n) is 1.95. The largest absolute Gasteiger partial charge is 0.482 e. The van der Waals surface area contributed by atoms with Gasteiger partial charge in [0.2, 0.25) is 5.78 Å². The van der Waals surface area contributed by atoms with Crippen molar-refractivity contribution in [3.05, 3.63) is 65.0 Å². The zero-order valence-corrected chi connectivity index (χ0v) is 13.0. The van der Waals surface area contributed by atoms with Gasteiger partial charge >= 0.3 is 5.97 Å². The van der Waals surface area contributed by atoms with Crippen molar-refractivity contribution in [2.24, 2.45) is 0 Å². The van der Waals surface area contributed by atoms with Crippen molar-refractivity contribution in [1.29, 1.82) is 0 Å². The number of ether oxygens (including phenoxy) is 2. The van der Waals surface area contributed by atoms with Gasteiger partial charge in [-0.25, -0.2) is 9.18 Å². The highest BCUT2D eigenvalue weighted by Gasteiger charge is 2.14. The van der Waals surface area contributed by atoms with E-state index in [1.807, 2.05) is 32.0 Å². The Kier molecular flexibility index (Phi) is 5.46. The summed E-state index contributed by atoms with van der Waals surface area (Å²) in [6.45, 7) is 2.95. The fraction of sp³-hybridized carbons (Fsp3) is 0.222. The van der Waals surface area contributed by atoms with Crippen molar-refractivity contribution in [3.8, 4) is 5.75 Å². The predicted molar refractivity (Wildman–Crippen MR) is 83.1 cm³/mol. The van der Waals surface area contributed by atoms with E-state index >= 15 is 0 Å². The zero-order chi connectivity index (χ0) is 16.8. The average molecular weight is 316 g/mol. The molecule has 0 N–H and O–H groups in total. The molecule has 0 amide bonds. The molecule has 0 heterocycles. The van der Waals surface area contributed by atoms with Crippen LogP contribution in [-0.2, 0) is 9.53 Å². The second-order valence-corrected chi connectivity index (χ2v) is 5.12. The molecule has 0 aromatic heterocycles. The number of esters is 1. The van der Waals surface area contributed by atoms with Crippen molar-refractivity contribution in [2.75, 3.05) is 13.2 Å². The molecule has 0 bridgehead atoms. The lowest BCUT2D eigenvalue weighted by Gasteiger charge is -2.10. The number of rotatable bonds is 6. The van der Waals surface area contributed by atoms with Crippen LogP contribution >= 0.6 is 0 Å². The van der Waals surface area contributed by atoms with Crippen molar-refractivity contribution >= 4 is 11.8 Å². The van der Waals surface area contributed by atoms with Crippen molar-refractivity contribution in [1.82, 2.24) is 0 Å². The molecule has 120 valence electrons. The molecule has 0 unspecified atom stereocenters. The van der Waals surface area contributed by atoms with Gasteiger partial charge in [0.25, 0.3) is 0 Å². The van der Waals surface area contributed by atoms with Crippen molar-refractivity contribution in [2.45, 2.75) is 13.8 Å². The van der Waals surface area contributed by atoms with Crippen LogP contribution in [0.15, 0.2) is 42.5 Å². The highest BCUT2D eigenvalue weighted by atomic mass is 19.1. The summed E-state index contributed by atoms with van der Waals surface area (Å²) in [5.41, 5.74) is 1.80. The highest BCUT2D eigenvalue weighted by molar-refractivity contribution is 5.98. The summed E-state index contributed by atoms with van der Waals surface area (Å²) in [6.07, 6.45) is 0. The van der Waals surface area contributed by atoms with Crippen LogP contribution in [0.4, 0.5) is 4.39 Å². The SMILES string of the molecule is Cc1ccc(C)c(OCC(=O)OCC(=O)c2ccccc2F)c1. The molecule has 2 aromatic rings. The minimum absolute atomic E-state index is 0.101. The molecule has 0 spiro atoms. The molecule has 5 heteroatoms. The summed E-state index contributed by atoms with van der Waals surface area (Å²) in [5.74, 6) is -1.33. The summed E-state index contributed by atoms with van der Waals surface area (Å²) in [5, 5.41) is 0. The van der Waals surface area contributed by atoms with E-state index < -0.39 is 24.2 Å². The second-order valence-electron chi connectivity index (χ2n) is 5.12. The van der Waals surface area contributed by atoms with E-state index in [1.165, 1.54) is 18.2 Å². The topological polar surface area (TPSA) is 52.6 Å². The molecule has 0 aliphatic carbocycles. The molecular formula is C18H17FO4. The summed E-state index contributed by atoms with van der Waals surface area (Å²) < 4.78 is 23.6. The Balaban J connectivity index is 1.85. The zero-order valence-electron chi connectivity index (χ0n) is 13.0. The maximum atomic E-state index is 13.4. The van der Waals surface area contributed by atoms with Gasteiger partial charge < -0.3 is 9.47 Å². The normalized spacial score (nSPS) is 10.2. The van der Waals surface area contributed by atoms with Crippen LogP contribution in [-0.4, -0.2) is 25.0 Å². The number of hydrogen-bond acceptors (Lipinski definition) is 4. The van der Waals surface area contributed by atoms with Crippen LogP contribution in [0.3, 0.4) is 0 Å². The van der Waals surface area contributed by atoms with E-state index in [2.05, 4.69) is 0 Å². The van der Waals surface area contributed by atoms with Crippen molar-refractivity contribution in [3.63, 3.8) is 0 Å². The third-order valence-corrected chi connectivity index (χ3v) is 3.23. The average Bonchev–Trinajstić information content (AvgIpc) is 2.54. The third kappa shape index (κ3) is 4.64. The highest BCUT2D eigenvalue weighted by Crippen LogP contribution is 2.19. The molecule has 0 fully saturated rings. The first-order valence-corrected chi connectivity index (χ1v) is 7.11. The number of benzene rings is 2. The van der Waals surface area contributed by atoms with Crippen LogP contribution in [0.1, 0.15) is 21.5 Å². The van der Waals surface area contributed by atoms with Gasteiger partial charge in [-0.15, -0.1) is 0 Å². The molecule has 23 heavy (non-hydrogen) atoms. The van der Waals surface area contributed by atoms with Gasteiger partial charge in [0, 0.05) is 0 Å². The van der Waals surface area contributed by atoms with E-state index in [1.54, 1.807) is 6.07 Å². The molecule has 0 radical (unpaired) electrons. The Morgan fingerprint density at radius 3 is 2.52 bits per heavy atom. The van der Waals surface area contributed by atoms with Crippen LogP contribution in [0.25, 0.3) is 0 Å². The van der Waals surface area contributed by atoms with Gasteiger partial charge in [-0.1, -0.05) is 24.3 Å². The maximum absolute atomic E-state index is 13.4. The van der Waals surface area contributed by atoms with E-state index in [0.29, 0.717) is 5.75 Å². The molecule has 0 saturated carbocycles. The smallest absolute Gasteiger partial charge is 0.344 e. The number of ketones is 1. The first-order valence-electron chi connectivity index (χ1n) is 7.11. The van der Waals surface area contributed by atoms with E-state index in [4.69, 9.17) is 9.47 Å². The maximum Gasteiger partial charge on any atom is 0.344 e. The molecule has 4 nitrogen and oxygen atoms in total. The van der Waals surface area contributed by atoms with Crippen LogP contribution < -0.4 is 4.74 Å². The molecule has 2 rings (SSSR count). The van der Waals surface area contributed by atoms with Gasteiger partial charge in [-0.05, 0) is 43.2 Å². The Morgan fingerprint density at radius 2 is 1.78 bits per heavy atom. The van der Waals surface area contributed by atoms with E-state index in [9.17, 15) is 14.0 Å².